The average molecular weight is 81.7 g/mol. The molecular formula is C2H4B2O2. The van der Waals surface area contributed by atoms with Gasteiger partial charge in [0.25, 0.3) is 0 Å². The average Bonchev–Trinajstić information content (AvgIpc) is 1.72. The molecule has 0 aromatic rings. The molecule has 1 aliphatic heterocycles. The highest BCUT2D eigenvalue weighted by atomic mass is 16.5. The monoisotopic (exact) mass is 82.0 g/mol. The molecule has 0 amide bonds. The van der Waals surface area contributed by atoms with E-state index in [9.17, 15) is 0 Å². The van der Waals surface area contributed by atoms with Crippen molar-refractivity contribution >= 4 is 15.0 Å². The Morgan fingerprint density at radius 3 is 1.67 bits per heavy atom. The molecule has 6 heavy (non-hydrogen) atoms. The van der Waals surface area contributed by atoms with Gasteiger partial charge in [-0.1, -0.05) is 0 Å². The fourth-order valence-electron chi connectivity index (χ4n) is 0.311. The number of hydrogen-bond acceptors (Lipinski definition) is 2. The topological polar surface area (TPSA) is 18.5 Å². The molecule has 2 nitrogen and oxygen atoms in total. The Morgan fingerprint density at radius 1 is 1.00 bits per heavy atom. The molecule has 0 atom stereocenters. The first-order chi connectivity index (χ1) is 3.00. The van der Waals surface area contributed by atoms with Gasteiger partial charge in [0.05, 0.1) is 0 Å². The van der Waals surface area contributed by atoms with Gasteiger partial charge in [-0.15, -0.1) is 0 Å². The summed E-state index contributed by atoms with van der Waals surface area (Å²) in [6.07, 6.45) is 0. The van der Waals surface area contributed by atoms with Crippen molar-refractivity contribution in [2.75, 3.05) is 13.0 Å². The van der Waals surface area contributed by atoms with E-state index < -0.39 is 0 Å². The minimum absolute atomic E-state index is 0.597. The first-order valence-electron chi connectivity index (χ1n) is 1.87. The second-order valence-electron chi connectivity index (χ2n) is 1.00. The van der Waals surface area contributed by atoms with Crippen LogP contribution >= 0.6 is 0 Å². The fourth-order valence-corrected chi connectivity index (χ4v) is 0.311. The summed E-state index contributed by atoms with van der Waals surface area (Å²) in [6, 6.07) is 0. The summed E-state index contributed by atoms with van der Waals surface area (Å²) in [4.78, 5) is 0. The van der Waals surface area contributed by atoms with Crippen LogP contribution in [-0.2, 0) is 9.31 Å². The summed E-state index contributed by atoms with van der Waals surface area (Å²) in [6.45, 7) is 1.19. The molecule has 1 heterocycles. The minimum Gasteiger partial charge on any atom is -0.443 e. The lowest BCUT2D eigenvalue weighted by molar-refractivity contribution is 0.289. The lowest BCUT2D eigenvalue weighted by Crippen LogP contribution is -2.22. The van der Waals surface area contributed by atoms with Gasteiger partial charge in [0.15, 0.2) is 0 Å². The van der Waals surface area contributed by atoms with Gasteiger partial charge in [0.2, 0.25) is 0 Å². The summed E-state index contributed by atoms with van der Waals surface area (Å²) in [5, 5.41) is 0. The van der Waals surface area contributed by atoms with Crippen LogP contribution in [0.2, 0.25) is 0 Å². The Morgan fingerprint density at radius 2 is 1.50 bits per heavy atom. The highest BCUT2D eigenvalue weighted by Crippen LogP contribution is 1.79. The molecule has 0 bridgehead atoms. The SMILES string of the molecule is [B]1CO[B]CO1. The van der Waals surface area contributed by atoms with Crippen molar-refractivity contribution in [2.24, 2.45) is 0 Å². The molecule has 0 spiro atoms. The molecule has 0 saturated carbocycles. The van der Waals surface area contributed by atoms with Crippen LogP contribution in [0.1, 0.15) is 0 Å². The quantitative estimate of drug-likeness (QED) is 0.355. The normalized spacial score (nSPS) is 21.3. The van der Waals surface area contributed by atoms with E-state index in [0.717, 1.165) is 0 Å². The Labute approximate surface area is 38.4 Å². The van der Waals surface area contributed by atoms with Crippen molar-refractivity contribution in [1.29, 1.82) is 0 Å². The fraction of sp³-hybridized carbons (Fsp3) is 1.00. The molecule has 1 saturated heterocycles. The predicted molar refractivity (Wildman–Crippen MR) is 23.4 cm³/mol. The van der Waals surface area contributed by atoms with E-state index in [2.05, 4.69) is 0 Å². The molecule has 1 fully saturated rings. The third-order valence-corrected chi connectivity index (χ3v) is 0.564. The van der Waals surface area contributed by atoms with E-state index in [1.54, 1.807) is 15.0 Å². The van der Waals surface area contributed by atoms with Crippen molar-refractivity contribution < 1.29 is 9.31 Å². The Balaban J connectivity index is 2.00. The van der Waals surface area contributed by atoms with Crippen molar-refractivity contribution in [1.82, 2.24) is 0 Å². The first kappa shape index (κ1) is 4.22. The lowest BCUT2D eigenvalue weighted by Gasteiger charge is -2.06. The molecule has 0 unspecified atom stereocenters. The van der Waals surface area contributed by atoms with Gasteiger partial charge in [-0.05, 0) is 0 Å². The van der Waals surface area contributed by atoms with E-state index in [1.165, 1.54) is 0 Å². The lowest BCUT2D eigenvalue weighted by atomic mass is 9.94. The zero-order valence-corrected chi connectivity index (χ0v) is 3.39. The summed E-state index contributed by atoms with van der Waals surface area (Å²) in [5.74, 6) is 0. The molecule has 0 aliphatic carbocycles. The van der Waals surface area contributed by atoms with Crippen LogP contribution in [0.3, 0.4) is 0 Å². The molecule has 0 aromatic heterocycles. The summed E-state index contributed by atoms with van der Waals surface area (Å²) < 4.78 is 9.53. The molecule has 2 radical (unpaired) electrons. The minimum atomic E-state index is 0.597. The smallest absolute Gasteiger partial charge is 0.317 e. The Hall–Kier alpha value is 0.0499. The first-order valence-corrected chi connectivity index (χ1v) is 1.87. The number of hydrogen-bond donors (Lipinski definition) is 0. The molecule has 0 aromatic carbocycles. The highest BCUT2D eigenvalue weighted by molar-refractivity contribution is 6.36. The maximum atomic E-state index is 4.76. The third-order valence-electron chi connectivity index (χ3n) is 0.564. The number of rotatable bonds is 0. The van der Waals surface area contributed by atoms with Crippen molar-refractivity contribution in [3.05, 3.63) is 0 Å². The van der Waals surface area contributed by atoms with Gasteiger partial charge in [0, 0.05) is 13.0 Å². The van der Waals surface area contributed by atoms with Gasteiger partial charge < -0.3 is 9.31 Å². The second kappa shape index (κ2) is 2.26. The van der Waals surface area contributed by atoms with Crippen LogP contribution in [0, 0.1) is 0 Å². The Kier molecular flexibility index (Phi) is 1.59. The maximum absolute atomic E-state index is 4.76. The summed E-state index contributed by atoms with van der Waals surface area (Å²) in [5.41, 5.74) is 0. The molecule has 1 rings (SSSR count). The van der Waals surface area contributed by atoms with Gasteiger partial charge in [-0.25, -0.2) is 0 Å². The summed E-state index contributed by atoms with van der Waals surface area (Å²) in [7, 11) is 3.28. The van der Waals surface area contributed by atoms with E-state index in [0.29, 0.717) is 13.0 Å². The Bertz CT molecular complexity index is 25.0. The zero-order valence-electron chi connectivity index (χ0n) is 3.39. The van der Waals surface area contributed by atoms with E-state index in [4.69, 9.17) is 9.31 Å². The molecule has 30 valence electrons. The van der Waals surface area contributed by atoms with Crippen LogP contribution < -0.4 is 0 Å². The standard InChI is InChI=1S/C2H4B2O2/c1-3-6-2-4-5-1/h1-2H2. The van der Waals surface area contributed by atoms with Crippen molar-refractivity contribution in [3.63, 3.8) is 0 Å². The van der Waals surface area contributed by atoms with E-state index >= 15 is 0 Å². The van der Waals surface area contributed by atoms with Gasteiger partial charge in [0.1, 0.15) is 0 Å². The second-order valence-corrected chi connectivity index (χ2v) is 1.00. The van der Waals surface area contributed by atoms with Crippen molar-refractivity contribution in [2.45, 2.75) is 0 Å². The van der Waals surface area contributed by atoms with Crippen LogP contribution in [0.25, 0.3) is 0 Å². The zero-order chi connectivity index (χ0) is 4.24. The third kappa shape index (κ3) is 1.03. The molecule has 4 heteroatoms. The molecule has 1 aliphatic rings. The van der Waals surface area contributed by atoms with Crippen LogP contribution in [0.15, 0.2) is 0 Å². The van der Waals surface area contributed by atoms with Crippen molar-refractivity contribution in [3.8, 4) is 0 Å². The van der Waals surface area contributed by atoms with Gasteiger partial charge in [-0.3, -0.25) is 0 Å². The summed E-state index contributed by atoms with van der Waals surface area (Å²) >= 11 is 0. The molecule has 0 N–H and O–H groups in total. The van der Waals surface area contributed by atoms with E-state index in [-0.39, 0.29) is 0 Å². The van der Waals surface area contributed by atoms with Gasteiger partial charge in [-0.2, -0.15) is 0 Å². The largest absolute Gasteiger partial charge is 0.443 e. The highest BCUT2D eigenvalue weighted by Gasteiger charge is 2.00. The molecular weight excluding hydrogens is 77.6 g/mol. The maximum Gasteiger partial charge on any atom is 0.317 e. The predicted octanol–water partition coefficient (Wildman–Crippen LogP) is -0.813. The van der Waals surface area contributed by atoms with Crippen LogP contribution in [0.4, 0.5) is 0 Å². The van der Waals surface area contributed by atoms with Gasteiger partial charge >= 0.3 is 15.0 Å². The van der Waals surface area contributed by atoms with Crippen LogP contribution in [0.5, 0.6) is 0 Å². The van der Waals surface area contributed by atoms with Crippen LogP contribution in [-0.4, -0.2) is 28.0 Å². The van der Waals surface area contributed by atoms with E-state index in [1.807, 2.05) is 0 Å².